The van der Waals surface area contributed by atoms with Gasteiger partial charge in [0, 0.05) is 32.6 Å². The second kappa shape index (κ2) is 15.5. The van der Waals surface area contributed by atoms with Crippen molar-refractivity contribution in [2.45, 2.75) is 121 Å². The fourth-order valence-corrected chi connectivity index (χ4v) is 9.38. The number of rotatable bonds is 9. The third-order valence-electron chi connectivity index (χ3n) is 12.1. The summed E-state index contributed by atoms with van der Waals surface area (Å²) in [5, 5.41) is 1.23. The van der Waals surface area contributed by atoms with Gasteiger partial charge in [0.25, 0.3) is 0 Å². The third kappa shape index (κ3) is 8.80. The van der Waals surface area contributed by atoms with Crippen LogP contribution in [0.5, 0.6) is 11.6 Å². The van der Waals surface area contributed by atoms with Gasteiger partial charge in [-0.3, -0.25) is 23.9 Å². The standard InChI is InChI=1S/C41H52F3N3O9S/c1-24-9-7-8-10-27-21-40(27,37(51)46-57(52,53)39(5)14-15-39)22-33(48)32-19-29(55-35-30-12-11-28(54-6)18-26(30)13-16-45-35)23-47(32)36(50)31(25(2)17-24)20-34(49)56-38(3,4)41(42,43)44/h8,10-13,16,18,24-25,27,29,31-32H,7,9,14-15,17,19-23H2,1-6H3,(H,46,51)/b10-8-/t24-,25+,27+,29+,31-,32-,40+/m0/s1/i3D3,4D3. The van der Waals surface area contributed by atoms with Gasteiger partial charge in [0.1, 0.15) is 11.9 Å². The maximum absolute atomic E-state index is 15.0. The Morgan fingerprint density at radius 2 is 1.86 bits per heavy atom. The van der Waals surface area contributed by atoms with Crippen LogP contribution in [0.3, 0.4) is 0 Å². The number of ether oxygens (including phenoxy) is 3. The number of benzene rings is 1. The van der Waals surface area contributed by atoms with Crippen LogP contribution in [0.1, 0.15) is 100 Å². The molecule has 312 valence electrons. The molecule has 0 radical (unpaired) electrons. The molecule has 6 rings (SSSR count). The number of carbonyl (C=O) groups is 4. The Morgan fingerprint density at radius 3 is 2.53 bits per heavy atom. The lowest BCUT2D eigenvalue weighted by atomic mass is 9.82. The minimum absolute atomic E-state index is 0.130. The zero-order valence-electron chi connectivity index (χ0n) is 38.2. The number of pyridine rings is 1. The first-order valence-electron chi connectivity index (χ1n) is 22.0. The molecule has 3 fully saturated rings. The van der Waals surface area contributed by atoms with Crippen LogP contribution in [0.4, 0.5) is 13.2 Å². The molecule has 0 unspecified atom stereocenters. The SMILES string of the molecule is [2H]C([2H])([2H])C(OC(=O)C[C@@H]1C(=O)N2C[C@H](Oc3nccc4cc(OC)ccc34)C[C@H]2C(=O)C[C@]2(C(=O)NS(=O)(=O)C3(C)CC3)C[C@H]2/C=C\CC[C@H](C)C[C@H]1C)(C([2H])([2H])[2H])C(F)(F)F. The molecule has 2 saturated carbocycles. The minimum atomic E-state index is -6.10. The van der Waals surface area contributed by atoms with Gasteiger partial charge < -0.3 is 19.1 Å². The number of hydrogen-bond donors (Lipinski definition) is 1. The maximum Gasteiger partial charge on any atom is 0.427 e. The molecule has 16 heteroatoms. The number of aromatic nitrogens is 1. The Balaban J connectivity index is 1.39. The fraction of sp³-hybridized carbons (Fsp3) is 0.634. The number of amides is 2. The van der Waals surface area contributed by atoms with Gasteiger partial charge in [-0.15, -0.1) is 0 Å². The van der Waals surface area contributed by atoms with Crippen LogP contribution in [0.2, 0.25) is 0 Å². The van der Waals surface area contributed by atoms with Crippen LogP contribution >= 0.6 is 0 Å². The molecule has 2 aromatic rings. The van der Waals surface area contributed by atoms with Crippen LogP contribution in [0.25, 0.3) is 10.8 Å². The molecule has 1 N–H and O–H groups in total. The summed E-state index contributed by atoms with van der Waals surface area (Å²) in [4.78, 5) is 62.8. The van der Waals surface area contributed by atoms with Gasteiger partial charge in [-0.05, 0) is 107 Å². The van der Waals surface area contributed by atoms with Gasteiger partial charge in [0.2, 0.25) is 33.3 Å². The van der Waals surface area contributed by atoms with E-state index in [1.165, 1.54) is 20.2 Å². The van der Waals surface area contributed by atoms with Crippen molar-refractivity contribution in [1.82, 2.24) is 14.6 Å². The first-order chi connectivity index (χ1) is 29.1. The van der Waals surface area contributed by atoms with Crippen LogP contribution < -0.4 is 14.2 Å². The largest absolute Gasteiger partial charge is 0.497 e. The van der Waals surface area contributed by atoms with Gasteiger partial charge in [-0.2, -0.15) is 13.2 Å². The summed E-state index contributed by atoms with van der Waals surface area (Å²) in [6, 6.07) is 5.46. The average molecular weight is 826 g/mol. The van der Waals surface area contributed by atoms with E-state index < -0.39 is 112 Å². The summed E-state index contributed by atoms with van der Waals surface area (Å²) in [6.07, 6.45) is -1.84. The lowest BCUT2D eigenvalue weighted by molar-refractivity contribution is -0.257. The van der Waals surface area contributed by atoms with Crippen molar-refractivity contribution in [2.24, 2.45) is 29.1 Å². The highest BCUT2D eigenvalue weighted by Gasteiger charge is 2.63. The molecule has 0 bridgehead atoms. The Morgan fingerprint density at radius 1 is 1.12 bits per heavy atom. The molecule has 57 heavy (non-hydrogen) atoms. The van der Waals surface area contributed by atoms with Crippen LogP contribution in [0, 0.1) is 29.1 Å². The first kappa shape index (κ1) is 34.8. The van der Waals surface area contributed by atoms with E-state index in [4.69, 9.17) is 17.7 Å². The predicted molar refractivity (Wildman–Crippen MR) is 203 cm³/mol. The Bertz CT molecular complexity index is 2230. The molecule has 4 aliphatic rings. The van der Waals surface area contributed by atoms with E-state index in [1.54, 1.807) is 37.3 Å². The van der Waals surface area contributed by atoms with Crippen molar-refractivity contribution >= 4 is 44.4 Å². The van der Waals surface area contributed by atoms with Gasteiger partial charge in [0.15, 0.2) is 5.78 Å². The second-order valence-electron chi connectivity index (χ2n) is 16.5. The Kier molecular flexibility index (Phi) is 9.47. The fourth-order valence-electron chi connectivity index (χ4n) is 8.04. The van der Waals surface area contributed by atoms with E-state index in [0.717, 1.165) is 4.90 Å². The number of allylic oxidation sites excluding steroid dienone is 2. The molecule has 12 nitrogen and oxygen atoms in total. The van der Waals surface area contributed by atoms with Crippen molar-refractivity contribution in [3.63, 3.8) is 0 Å². The topological polar surface area (TPSA) is 158 Å². The van der Waals surface area contributed by atoms with Gasteiger partial charge in [-0.25, -0.2) is 13.4 Å². The minimum Gasteiger partial charge on any atom is -0.497 e. The number of hydrogen-bond acceptors (Lipinski definition) is 10. The van der Waals surface area contributed by atoms with Crippen molar-refractivity contribution in [2.75, 3.05) is 13.7 Å². The van der Waals surface area contributed by atoms with Crippen molar-refractivity contribution < 1.29 is 63.2 Å². The normalized spacial score (nSPS) is 31.9. The zero-order valence-corrected chi connectivity index (χ0v) is 33.0. The molecule has 3 heterocycles. The molecule has 1 aromatic heterocycles. The molecule has 0 spiro atoms. The number of carbonyl (C=O) groups excluding carboxylic acids is 4. The molecule has 2 aliphatic carbocycles. The van der Waals surface area contributed by atoms with Crippen molar-refractivity contribution in [1.29, 1.82) is 0 Å². The molecule has 1 aromatic carbocycles. The van der Waals surface area contributed by atoms with E-state index in [2.05, 4.69) is 14.4 Å². The third-order valence-corrected chi connectivity index (χ3v) is 14.2. The monoisotopic (exact) mass is 825 g/mol. The number of ketones is 1. The van der Waals surface area contributed by atoms with E-state index in [1.807, 2.05) is 13.0 Å². The van der Waals surface area contributed by atoms with Crippen molar-refractivity contribution in [3.05, 3.63) is 42.6 Å². The molecule has 1 saturated heterocycles. The van der Waals surface area contributed by atoms with E-state index in [9.17, 15) is 40.8 Å². The molecular weight excluding hydrogens is 768 g/mol. The number of Topliss-reactive ketones (excluding diaryl/α,β-unsaturated/α-hetero) is 1. The summed E-state index contributed by atoms with van der Waals surface area (Å²) in [5.74, 6) is -6.74. The van der Waals surface area contributed by atoms with E-state index >= 15 is 0 Å². The molecule has 2 amide bonds. The van der Waals surface area contributed by atoms with Gasteiger partial charge in [0.05, 0.1) is 42.2 Å². The second-order valence-corrected chi connectivity index (χ2v) is 18.7. The highest BCUT2D eigenvalue weighted by molar-refractivity contribution is 7.91. The quantitative estimate of drug-likeness (QED) is 0.220. The Labute approximate surface area is 339 Å². The average Bonchev–Trinajstić information content (AvgIpc) is 4.05. The first-order valence-corrected chi connectivity index (χ1v) is 20.5. The number of alkyl halides is 3. The lowest BCUT2D eigenvalue weighted by Crippen LogP contribution is -2.48. The summed E-state index contributed by atoms with van der Waals surface area (Å²) < 4.78 is 133. The number of methoxy groups -OCH3 is 1. The smallest absolute Gasteiger partial charge is 0.427 e. The maximum atomic E-state index is 15.0. The lowest BCUT2D eigenvalue weighted by Gasteiger charge is -2.33. The van der Waals surface area contributed by atoms with E-state index in [-0.39, 0.29) is 37.6 Å². The van der Waals surface area contributed by atoms with Crippen LogP contribution in [-0.2, 0) is 33.9 Å². The number of halogens is 3. The number of nitrogens with zero attached hydrogens (tertiary/aromatic N) is 2. The predicted octanol–water partition coefficient (Wildman–Crippen LogP) is 6.46. The summed E-state index contributed by atoms with van der Waals surface area (Å²) in [5.41, 5.74) is -6.43. The van der Waals surface area contributed by atoms with E-state index in [0.29, 0.717) is 42.2 Å². The number of esters is 1. The summed E-state index contributed by atoms with van der Waals surface area (Å²) in [7, 11) is -2.62. The number of fused-ring (bicyclic) bond motifs is 3. The summed E-state index contributed by atoms with van der Waals surface area (Å²) in [6.45, 7) is -4.22. The van der Waals surface area contributed by atoms with Crippen LogP contribution in [0.15, 0.2) is 42.6 Å². The summed E-state index contributed by atoms with van der Waals surface area (Å²) >= 11 is 0. The van der Waals surface area contributed by atoms with Gasteiger partial charge in [-0.1, -0.05) is 26.0 Å². The molecule has 2 aliphatic heterocycles. The van der Waals surface area contributed by atoms with Crippen molar-refractivity contribution in [3.8, 4) is 11.6 Å². The number of sulfonamides is 1. The number of nitrogens with one attached hydrogen (secondary N) is 1. The zero-order chi connectivity index (χ0) is 46.7. The highest BCUT2D eigenvalue weighted by Crippen LogP contribution is 2.58. The molecular formula is C41H52F3N3O9S. The van der Waals surface area contributed by atoms with Crippen LogP contribution in [-0.4, -0.2) is 84.2 Å². The van der Waals surface area contributed by atoms with Gasteiger partial charge >= 0.3 is 12.1 Å². The molecule has 7 atom stereocenters. The highest BCUT2D eigenvalue weighted by atomic mass is 32.2. The Hall–Kier alpha value is -4.21.